The van der Waals surface area contributed by atoms with E-state index >= 15 is 0 Å². The lowest BCUT2D eigenvalue weighted by molar-refractivity contribution is -0.139. The highest BCUT2D eigenvalue weighted by Crippen LogP contribution is 2.34. The van der Waals surface area contributed by atoms with Crippen LogP contribution in [0.5, 0.6) is 0 Å². The summed E-state index contributed by atoms with van der Waals surface area (Å²) in [5, 5.41) is 4.75. The fourth-order valence-electron chi connectivity index (χ4n) is 2.00. The first-order valence-corrected chi connectivity index (χ1v) is 8.39. The first-order chi connectivity index (χ1) is 11.6. The molecule has 0 atom stereocenters. The topological polar surface area (TPSA) is 87.3 Å². The van der Waals surface area contributed by atoms with Gasteiger partial charge < -0.3 is 10.6 Å². The van der Waals surface area contributed by atoms with E-state index in [1.807, 2.05) is 0 Å². The summed E-state index contributed by atoms with van der Waals surface area (Å²) < 4.78 is 65.8. The van der Waals surface area contributed by atoms with Gasteiger partial charge in [0.05, 0.1) is 16.1 Å². The van der Waals surface area contributed by atoms with Crippen molar-refractivity contribution in [1.82, 2.24) is 5.32 Å². The molecule has 3 N–H and O–H groups in total. The van der Waals surface area contributed by atoms with Crippen LogP contribution in [-0.2, 0) is 16.2 Å². The second-order valence-corrected chi connectivity index (χ2v) is 6.54. The minimum absolute atomic E-state index is 0.00545. The van der Waals surface area contributed by atoms with Crippen molar-refractivity contribution in [3.8, 4) is 0 Å². The molecule has 10 heteroatoms. The highest BCUT2D eigenvalue weighted by molar-refractivity contribution is 7.92. The van der Waals surface area contributed by atoms with Crippen LogP contribution in [-0.4, -0.2) is 21.5 Å². The highest BCUT2D eigenvalue weighted by atomic mass is 32.2. The maximum Gasteiger partial charge on any atom is 0.417 e. The number of carbonyl (C=O) groups is 1. The van der Waals surface area contributed by atoms with Gasteiger partial charge in [0, 0.05) is 12.7 Å². The van der Waals surface area contributed by atoms with Crippen molar-refractivity contribution in [2.24, 2.45) is 0 Å². The third-order valence-corrected chi connectivity index (χ3v) is 4.52. The number of carbonyl (C=O) groups excluding carboxylic acids is 1. The molecule has 0 unspecified atom stereocenters. The van der Waals surface area contributed by atoms with Crippen molar-refractivity contribution < 1.29 is 26.4 Å². The lowest BCUT2D eigenvalue weighted by Crippen LogP contribution is -2.24. The van der Waals surface area contributed by atoms with Crippen molar-refractivity contribution >= 4 is 27.4 Å². The zero-order chi connectivity index (χ0) is 18.7. The van der Waals surface area contributed by atoms with E-state index in [4.69, 9.17) is 0 Å². The molecule has 0 bridgehead atoms. The number of amides is 2. The lowest BCUT2D eigenvalue weighted by atomic mass is 10.2. The number of anilines is 2. The van der Waals surface area contributed by atoms with E-state index in [0.717, 1.165) is 12.1 Å². The molecule has 134 valence electrons. The third-order valence-electron chi connectivity index (χ3n) is 3.08. The van der Waals surface area contributed by atoms with Crippen LogP contribution in [0.4, 0.5) is 29.3 Å². The Morgan fingerprint density at radius 1 is 1.00 bits per heavy atom. The van der Waals surface area contributed by atoms with E-state index in [9.17, 15) is 26.4 Å². The van der Waals surface area contributed by atoms with Crippen molar-refractivity contribution in [3.05, 3.63) is 54.1 Å². The molecular weight excluding hydrogens is 359 g/mol. The minimum Gasteiger partial charge on any atom is -0.341 e. The average molecular weight is 373 g/mol. The normalized spacial score (nSPS) is 11.7. The van der Waals surface area contributed by atoms with E-state index in [2.05, 4.69) is 15.4 Å². The number of benzene rings is 2. The summed E-state index contributed by atoms with van der Waals surface area (Å²) in [5.74, 6) is 0. The molecule has 0 aliphatic rings. The standard InChI is InChI=1S/C15H14F3N3O3S/c1-19-14(22)20-10-5-4-6-11(9-10)21-25(23,24)13-8-3-2-7-12(13)15(16,17)18/h2-9,21H,1H3,(H2,19,20,22). The van der Waals surface area contributed by atoms with E-state index in [1.165, 1.54) is 37.4 Å². The van der Waals surface area contributed by atoms with Gasteiger partial charge in [-0.15, -0.1) is 0 Å². The van der Waals surface area contributed by atoms with Crippen LogP contribution in [0.15, 0.2) is 53.4 Å². The summed E-state index contributed by atoms with van der Waals surface area (Å²) in [5.41, 5.74) is -0.989. The molecule has 0 saturated heterocycles. The number of hydrogen-bond acceptors (Lipinski definition) is 3. The van der Waals surface area contributed by atoms with Crippen molar-refractivity contribution in [3.63, 3.8) is 0 Å². The van der Waals surface area contributed by atoms with Crippen molar-refractivity contribution in [2.45, 2.75) is 11.1 Å². The number of urea groups is 1. The quantitative estimate of drug-likeness (QED) is 0.769. The van der Waals surface area contributed by atoms with Gasteiger partial charge in [0.15, 0.2) is 0 Å². The third kappa shape index (κ3) is 4.63. The summed E-state index contributed by atoms with van der Waals surface area (Å²) in [4.78, 5) is 10.4. The fraction of sp³-hybridized carbons (Fsp3) is 0.133. The molecule has 0 aromatic heterocycles. The van der Waals surface area contributed by atoms with Gasteiger partial charge in [-0.25, -0.2) is 13.2 Å². The van der Waals surface area contributed by atoms with Crippen molar-refractivity contribution in [1.29, 1.82) is 0 Å². The summed E-state index contributed by atoms with van der Waals surface area (Å²) in [7, 11) is -3.08. The monoisotopic (exact) mass is 373 g/mol. The number of nitrogens with one attached hydrogen (secondary N) is 3. The predicted octanol–water partition coefficient (Wildman–Crippen LogP) is 3.26. The molecule has 6 nitrogen and oxygen atoms in total. The molecule has 2 amide bonds. The maximum atomic E-state index is 13.0. The van der Waals surface area contributed by atoms with Gasteiger partial charge in [-0.2, -0.15) is 13.2 Å². The smallest absolute Gasteiger partial charge is 0.341 e. The Labute approximate surface area is 142 Å². The van der Waals surface area contributed by atoms with Crippen LogP contribution >= 0.6 is 0 Å². The van der Waals surface area contributed by atoms with Gasteiger partial charge in [-0.3, -0.25) is 4.72 Å². The molecule has 0 fully saturated rings. The largest absolute Gasteiger partial charge is 0.417 e. The molecule has 0 aliphatic carbocycles. The van der Waals surface area contributed by atoms with Gasteiger partial charge in [0.1, 0.15) is 0 Å². The predicted molar refractivity (Wildman–Crippen MR) is 86.8 cm³/mol. The average Bonchev–Trinajstić information content (AvgIpc) is 2.54. The summed E-state index contributed by atoms with van der Waals surface area (Å²) in [6.45, 7) is 0. The summed E-state index contributed by atoms with van der Waals surface area (Å²) in [6, 6.07) is 8.92. The van der Waals surface area contributed by atoms with Crippen LogP contribution in [0.2, 0.25) is 0 Å². The zero-order valence-electron chi connectivity index (χ0n) is 12.9. The van der Waals surface area contributed by atoms with Crippen LogP contribution in [0.25, 0.3) is 0 Å². The van der Waals surface area contributed by atoms with Gasteiger partial charge in [-0.1, -0.05) is 18.2 Å². The number of hydrogen-bond donors (Lipinski definition) is 3. The fourth-order valence-corrected chi connectivity index (χ4v) is 3.28. The molecule has 0 heterocycles. The lowest BCUT2D eigenvalue weighted by Gasteiger charge is -2.14. The van der Waals surface area contributed by atoms with E-state index in [1.54, 1.807) is 0 Å². The molecule has 0 saturated carbocycles. The maximum absolute atomic E-state index is 13.0. The first-order valence-electron chi connectivity index (χ1n) is 6.91. The van der Waals surface area contributed by atoms with Gasteiger partial charge >= 0.3 is 12.2 Å². The molecule has 2 rings (SSSR count). The minimum atomic E-state index is -4.81. The molecule has 2 aromatic carbocycles. The Kier molecular flexibility index (Phi) is 5.21. The molecule has 0 radical (unpaired) electrons. The zero-order valence-corrected chi connectivity index (χ0v) is 13.7. The summed E-state index contributed by atoms with van der Waals surface area (Å²) >= 11 is 0. The van der Waals surface area contributed by atoms with Gasteiger partial charge in [-0.05, 0) is 30.3 Å². The molecule has 0 aliphatic heterocycles. The van der Waals surface area contributed by atoms with Crippen molar-refractivity contribution in [2.75, 3.05) is 17.1 Å². The Bertz CT molecular complexity index is 883. The Morgan fingerprint density at radius 2 is 1.64 bits per heavy atom. The second-order valence-electron chi connectivity index (χ2n) is 4.88. The Morgan fingerprint density at radius 3 is 2.28 bits per heavy atom. The second kappa shape index (κ2) is 7.01. The first kappa shape index (κ1) is 18.6. The highest BCUT2D eigenvalue weighted by Gasteiger charge is 2.36. The summed E-state index contributed by atoms with van der Waals surface area (Å²) in [6.07, 6.45) is -4.81. The van der Waals surface area contributed by atoms with E-state index in [-0.39, 0.29) is 11.4 Å². The molecule has 25 heavy (non-hydrogen) atoms. The molecule has 0 spiro atoms. The number of sulfonamides is 1. The van der Waals surface area contributed by atoms with Gasteiger partial charge in [0.25, 0.3) is 10.0 Å². The number of rotatable bonds is 4. The number of halogens is 3. The van der Waals surface area contributed by atoms with Crippen LogP contribution in [0, 0.1) is 0 Å². The number of alkyl halides is 3. The Balaban J connectivity index is 2.35. The SMILES string of the molecule is CNC(=O)Nc1cccc(NS(=O)(=O)c2ccccc2C(F)(F)F)c1. The Hall–Kier alpha value is -2.75. The van der Waals surface area contributed by atoms with Gasteiger partial charge in [0.2, 0.25) is 0 Å². The van der Waals surface area contributed by atoms with Crippen LogP contribution < -0.4 is 15.4 Å². The van der Waals surface area contributed by atoms with E-state index < -0.39 is 32.7 Å². The van der Waals surface area contributed by atoms with E-state index in [0.29, 0.717) is 6.07 Å². The molecule has 2 aromatic rings. The van der Waals surface area contributed by atoms with Crippen LogP contribution in [0.1, 0.15) is 5.56 Å². The van der Waals surface area contributed by atoms with Crippen LogP contribution in [0.3, 0.4) is 0 Å². The molecular formula is C15H14F3N3O3S.